The highest BCUT2D eigenvalue weighted by Crippen LogP contribution is 2.36. The Morgan fingerprint density at radius 1 is 1.33 bits per heavy atom. The molecule has 0 aromatic carbocycles. The molecule has 1 aliphatic carbocycles. The molecule has 0 bridgehead atoms. The average molecular weight is 210 g/mol. The Hall–Kier alpha value is -0.260. The molecule has 4 unspecified atom stereocenters. The topological polar surface area (TPSA) is 0 Å². The predicted octanol–water partition coefficient (Wildman–Crippen LogP) is 5.30. The molecule has 90 valence electrons. The maximum atomic E-state index is 2.53. The van der Waals surface area contributed by atoms with E-state index in [-0.39, 0.29) is 0 Å². The van der Waals surface area contributed by atoms with Crippen LogP contribution in [0.5, 0.6) is 0 Å². The molecule has 0 aliphatic heterocycles. The lowest BCUT2D eigenvalue weighted by molar-refractivity contribution is 0.275. The fourth-order valence-electron chi connectivity index (χ4n) is 2.34. The van der Waals surface area contributed by atoms with E-state index in [9.17, 15) is 0 Å². The predicted molar refractivity (Wildman–Crippen MR) is 71.0 cm³/mol. The van der Waals surface area contributed by atoms with E-state index in [0.29, 0.717) is 0 Å². The first kappa shape index (κ1) is 14.7. The van der Waals surface area contributed by atoms with Gasteiger partial charge in [-0.2, -0.15) is 0 Å². The van der Waals surface area contributed by atoms with E-state index in [0.717, 1.165) is 23.7 Å². The second kappa shape index (κ2) is 7.09. The first-order valence-electron chi connectivity index (χ1n) is 6.74. The molecule has 0 aromatic rings. The van der Waals surface area contributed by atoms with Gasteiger partial charge in [-0.1, -0.05) is 59.6 Å². The normalized spacial score (nSPS) is 32.5. The van der Waals surface area contributed by atoms with Crippen LogP contribution in [0.25, 0.3) is 0 Å². The van der Waals surface area contributed by atoms with Gasteiger partial charge in [0.15, 0.2) is 0 Å². The van der Waals surface area contributed by atoms with Gasteiger partial charge in [0.1, 0.15) is 0 Å². The van der Waals surface area contributed by atoms with Gasteiger partial charge in [0.05, 0.1) is 0 Å². The van der Waals surface area contributed by atoms with Crippen LogP contribution < -0.4 is 0 Å². The lowest BCUT2D eigenvalue weighted by Crippen LogP contribution is -2.23. The molecule has 0 radical (unpaired) electrons. The molecule has 0 heteroatoms. The summed E-state index contributed by atoms with van der Waals surface area (Å²) in [6, 6.07) is 0. The lowest BCUT2D eigenvalue weighted by Gasteiger charge is -2.33. The minimum atomic E-state index is 0.806. The number of hydrogen-bond acceptors (Lipinski definition) is 0. The Morgan fingerprint density at radius 2 is 1.87 bits per heavy atom. The molecule has 0 amide bonds. The zero-order valence-corrected chi connectivity index (χ0v) is 11.8. The number of hydrogen-bond donors (Lipinski definition) is 0. The first-order chi connectivity index (χ1) is 7.06. The van der Waals surface area contributed by atoms with Gasteiger partial charge >= 0.3 is 0 Å². The Balaban J connectivity index is 0.000000921. The van der Waals surface area contributed by atoms with Crippen molar-refractivity contribution in [3.05, 3.63) is 11.6 Å². The summed E-state index contributed by atoms with van der Waals surface area (Å²) in [7, 11) is 0. The molecule has 0 saturated carbocycles. The van der Waals surface area contributed by atoms with E-state index in [1.54, 1.807) is 5.57 Å². The van der Waals surface area contributed by atoms with Crippen LogP contribution in [0.4, 0.5) is 0 Å². The van der Waals surface area contributed by atoms with Crippen LogP contribution in [-0.2, 0) is 0 Å². The SMILES string of the molecule is CC.CCC(C)C1C=C(C)C(C)C(C)C1. The fourth-order valence-corrected chi connectivity index (χ4v) is 2.34. The van der Waals surface area contributed by atoms with E-state index in [1.807, 2.05) is 13.8 Å². The quantitative estimate of drug-likeness (QED) is 0.543. The highest BCUT2D eigenvalue weighted by atomic mass is 14.3. The zero-order chi connectivity index (χ0) is 12.0. The van der Waals surface area contributed by atoms with Crippen molar-refractivity contribution < 1.29 is 0 Å². The third kappa shape index (κ3) is 4.01. The minimum absolute atomic E-state index is 0.806. The van der Waals surface area contributed by atoms with Crippen LogP contribution in [0.2, 0.25) is 0 Å². The molecular weight excluding hydrogens is 180 g/mol. The molecule has 0 heterocycles. The molecule has 0 saturated heterocycles. The molecular formula is C15H30. The van der Waals surface area contributed by atoms with Gasteiger partial charge in [0.25, 0.3) is 0 Å². The monoisotopic (exact) mass is 210 g/mol. The summed E-state index contributed by atoms with van der Waals surface area (Å²) < 4.78 is 0. The van der Waals surface area contributed by atoms with Gasteiger partial charge in [-0.15, -0.1) is 0 Å². The smallest absolute Gasteiger partial charge is 0.0202 e. The molecule has 0 N–H and O–H groups in total. The average Bonchev–Trinajstić information content (AvgIpc) is 2.26. The summed E-state index contributed by atoms with van der Waals surface area (Å²) in [4.78, 5) is 0. The van der Waals surface area contributed by atoms with Crippen molar-refractivity contribution in [1.82, 2.24) is 0 Å². The van der Waals surface area contributed by atoms with Crippen molar-refractivity contribution in [2.24, 2.45) is 23.7 Å². The van der Waals surface area contributed by atoms with Crippen LogP contribution in [-0.4, -0.2) is 0 Å². The van der Waals surface area contributed by atoms with Crippen molar-refractivity contribution in [3.8, 4) is 0 Å². The van der Waals surface area contributed by atoms with Gasteiger partial charge in [-0.05, 0) is 37.0 Å². The molecule has 4 atom stereocenters. The summed E-state index contributed by atoms with van der Waals surface area (Å²) in [5.41, 5.74) is 1.61. The highest BCUT2D eigenvalue weighted by Gasteiger charge is 2.26. The first-order valence-corrected chi connectivity index (χ1v) is 6.74. The molecule has 0 nitrogen and oxygen atoms in total. The second-order valence-electron chi connectivity index (χ2n) is 4.96. The summed E-state index contributed by atoms with van der Waals surface area (Å²) >= 11 is 0. The number of allylic oxidation sites excluding steroid dienone is 2. The van der Waals surface area contributed by atoms with Gasteiger partial charge in [-0.25, -0.2) is 0 Å². The van der Waals surface area contributed by atoms with Crippen LogP contribution >= 0.6 is 0 Å². The van der Waals surface area contributed by atoms with Crippen LogP contribution in [0.15, 0.2) is 11.6 Å². The van der Waals surface area contributed by atoms with Crippen LogP contribution in [0.3, 0.4) is 0 Å². The van der Waals surface area contributed by atoms with Gasteiger partial charge in [0.2, 0.25) is 0 Å². The van der Waals surface area contributed by atoms with Crippen molar-refractivity contribution >= 4 is 0 Å². The van der Waals surface area contributed by atoms with Gasteiger partial charge in [0, 0.05) is 0 Å². The Morgan fingerprint density at radius 3 is 2.27 bits per heavy atom. The molecule has 1 aliphatic rings. The summed E-state index contributed by atoms with van der Waals surface area (Å²) in [5.74, 6) is 3.39. The Kier molecular flexibility index (Phi) is 6.96. The second-order valence-corrected chi connectivity index (χ2v) is 4.96. The summed E-state index contributed by atoms with van der Waals surface area (Å²) in [6.45, 7) is 15.8. The Labute approximate surface area is 97.2 Å². The van der Waals surface area contributed by atoms with E-state index >= 15 is 0 Å². The molecule has 1 rings (SSSR count). The maximum absolute atomic E-state index is 2.53. The maximum Gasteiger partial charge on any atom is -0.0202 e. The Bertz CT molecular complexity index is 190. The standard InChI is InChI=1S/C13H24.C2H6/c1-6-9(2)13-7-10(3)12(5)11(4)8-13;1-2/h7,9,11-13H,6,8H2,1-5H3;1-2H3. The fraction of sp³-hybridized carbons (Fsp3) is 0.867. The lowest BCUT2D eigenvalue weighted by atomic mass is 9.72. The summed E-state index contributed by atoms with van der Waals surface area (Å²) in [5, 5.41) is 0. The third-order valence-electron chi connectivity index (χ3n) is 4.07. The zero-order valence-electron chi connectivity index (χ0n) is 11.8. The molecule has 0 aromatic heterocycles. The van der Waals surface area contributed by atoms with E-state index in [2.05, 4.69) is 40.7 Å². The van der Waals surface area contributed by atoms with Crippen molar-refractivity contribution in [3.63, 3.8) is 0 Å². The van der Waals surface area contributed by atoms with Crippen molar-refractivity contribution in [2.75, 3.05) is 0 Å². The van der Waals surface area contributed by atoms with E-state index in [1.165, 1.54) is 12.8 Å². The summed E-state index contributed by atoms with van der Waals surface area (Å²) in [6.07, 6.45) is 5.24. The van der Waals surface area contributed by atoms with Gasteiger partial charge in [-0.3, -0.25) is 0 Å². The number of rotatable bonds is 2. The van der Waals surface area contributed by atoms with Gasteiger partial charge < -0.3 is 0 Å². The molecule has 15 heavy (non-hydrogen) atoms. The largest absolute Gasteiger partial charge is 0.0819 e. The third-order valence-corrected chi connectivity index (χ3v) is 4.07. The van der Waals surface area contributed by atoms with Crippen molar-refractivity contribution in [1.29, 1.82) is 0 Å². The van der Waals surface area contributed by atoms with E-state index < -0.39 is 0 Å². The molecule has 0 fully saturated rings. The van der Waals surface area contributed by atoms with Crippen molar-refractivity contribution in [2.45, 2.75) is 61.3 Å². The highest BCUT2D eigenvalue weighted by molar-refractivity contribution is 5.10. The molecule has 0 spiro atoms. The minimum Gasteiger partial charge on any atom is -0.0819 e. The van der Waals surface area contributed by atoms with E-state index in [4.69, 9.17) is 0 Å². The van der Waals surface area contributed by atoms with Crippen LogP contribution in [0, 0.1) is 23.7 Å². The van der Waals surface area contributed by atoms with Crippen LogP contribution in [0.1, 0.15) is 61.3 Å².